The average Bonchev–Trinajstić information content (AvgIpc) is 2.68. The van der Waals surface area contributed by atoms with Crippen LogP contribution in [-0.2, 0) is 12.0 Å². The van der Waals surface area contributed by atoms with Gasteiger partial charge in [-0.25, -0.2) is 9.37 Å². The van der Waals surface area contributed by atoms with Crippen LogP contribution in [0.3, 0.4) is 0 Å². The molecule has 3 nitrogen and oxygen atoms in total. The van der Waals surface area contributed by atoms with Crippen LogP contribution in [0.1, 0.15) is 31.9 Å². The standard InChI is InChI=1S/C24H28FN3/c1-24(2,3)20-6-4-18(5-7-20)17-27-12-14-28(15-13-27)23-22-9-8-21(25)16-19(22)10-11-26-23/h4-11,16H,12-15,17H2,1-3H3. The number of rotatable bonds is 3. The van der Waals surface area contributed by atoms with Crippen molar-refractivity contribution in [3.05, 3.63) is 71.7 Å². The maximum Gasteiger partial charge on any atom is 0.136 e. The largest absolute Gasteiger partial charge is 0.354 e. The lowest BCUT2D eigenvalue weighted by molar-refractivity contribution is 0.249. The van der Waals surface area contributed by atoms with Crippen LogP contribution in [0.2, 0.25) is 0 Å². The smallest absolute Gasteiger partial charge is 0.136 e. The molecule has 4 rings (SSSR count). The van der Waals surface area contributed by atoms with Gasteiger partial charge in [0, 0.05) is 44.3 Å². The van der Waals surface area contributed by atoms with Crippen molar-refractivity contribution < 1.29 is 4.39 Å². The van der Waals surface area contributed by atoms with Gasteiger partial charge in [0.25, 0.3) is 0 Å². The number of aromatic nitrogens is 1. The van der Waals surface area contributed by atoms with Crippen molar-refractivity contribution in [1.82, 2.24) is 9.88 Å². The molecule has 1 saturated heterocycles. The van der Waals surface area contributed by atoms with Gasteiger partial charge in [-0.2, -0.15) is 0 Å². The molecule has 2 heterocycles. The Morgan fingerprint density at radius 1 is 0.929 bits per heavy atom. The van der Waals surface area contributed by atoms with Crippen molar-refractivity contribution in [2.24, 2.45) is 0 Å². The van der Waals surface area contributed by atoms with Crippen LogP contribution in [0.4, 0.5) is 10.2 Å². The molecule has 0 spiro atoms. The van der Waals surface area contributed by atoms with E-state index in [0.29, 0.717) is 0 Å². The Balaban J connectivity index is 1.41. The summed E-state index contributed by atoms with van der Waals surface area (Å²) in [5.74, 6) is 0.763. The van der Waals surface area contributed by atoms with Crippen LogP contribution >= 0.6 is 0 Å². The minimum Gasteiger partial charge on any atom is -0.354 e. The first-order chi connectivity index (χ1) is 13.4. The van der Waals surface area contributed by atoms with Gasteiger partial charge in [0.2, 0.25) is 0 Å². The molecule has 0 atom stereocenters. The molecular weight excluding hydrogens is 349 g/mol. The van der Waals surface area contributed by atoms with Crippen LogP contribution in [0, 0.1) is 5.82 Å². The lowest BCUT2D eigenvalue weighted by Gasteiger charge is -2.36. The van der Waals surface area contributed by atoms with Gasteiger partial charge in [0.1, 0.15) is 11.6 Å². The van der Waals surface area contributed by atoms with E-state index in [1.165, 1.54) is 17.2 Å². The Morgan fingerprint density at radius 3 is 2.32 bits per heavy atom. The molecule has 0 N–H and O–H groups in total. The molecule has 4 heteroatoms. The number of pyridine rings is 1. The van der Waals surface area contributed by atoms with E-state index in [2.05, 4.69) is 59.8 Å². The summed E-state index contributed by atoms with van der Waals surface area (Å²) in [6.45, 7) is 11.6. The molecule has 1 aliphatic rings. The lowest BCUT2D eigenvalue weighted by Crippen LogP contribution is -2.46. The van der Waals surface area contributed by atoms with Crippen molar-refractivity contribution >= 4 is 16.6 Å². The van der Waals surface area contributed by atoms with Crippen molar-refractivity contribution in [3.8, 4) is 0 Å². The van der Waals surface area contributed by atoms with Gasteiger partial charge >= 0.3 is 0 Å². The van der Waals surface area contributed by atoms with Crippen LogP contribution in [0.25, 0.3) is 10.8 Å². The Bertz CT molecular complexity index is 952. The van der Waals surface area contributed by atoms with E-state index in [0.717, 1.165) is 49.3 Å². The van der Waals surface area contributed by atoms with Crippen molar-refractivity contribution in [2.75, 3.05) is 31.1 Å². The van der Waals surface area contributed by atoms with E-state index in [-0.39, 0.29) is 11.2 Å². The summed E-state index contributed by atoms with van der Waals surface area (Å²) >= 11 is 0. The van der Waals surface area contributed by atoms with E-state index in [1.54, 1.807) is 12.3 Å². The second-order valence-corrected chi connectivity index (χ2v) is 8.71. The van der Waals surface area contributed by atoms with Crippen molar-refractivity contribution in [2.45, 2.75) is 32.7 Å². The Kier molecular flexibility index (Phi) is 5.07. The third kappa shape index (κ3) is 4.02. The molecule has 0 bridgehead atoms. The summed E-state index contributed by atoms with van der Waals surface area (Å²) in [5.41, 5.74) is 2.93. The fraction of sp³-hybridized carbons (Fsp3) is 0.375. The molecule has 1 aliphatic heterocycles. The van der Waals surface area contributed by atoms with Gasteiger partial charge in [-0.3, -0.25) is 4.90 Å². The van der Waals surface area contributed by atoms with E-state index < -0.39 is 0 Å². The summed E-state index contributed by atoms with van der Waals surface area (Å²) in [6.07, 6.45) is 1.78. The molecule has 1 aromatic heterocycles. The molecule has 0 amide bonds. The molecular formula is C24H28FN3. The number of anilines is 1. The number of benzene rings is 2. The summed E-state index contributed by atoms with van der Waals surface area (Å²) in [4.78, 5) is 9.40. The zero-order valence-electron chi connectivity index (χ0n) is 17.0. The Morgan fingerprint density at radius 2 is 1.64 bits per heavy atom. The van der Waals surface area contributed by atoms with E-state index in [1.807, 2.05) is 12.1 Å². The van der Waals surface area contributed by atoms with Gasteiger partial charge in [0.15, 0.2) is 0 Å². The second-order valence-electron chi connectivity index (χ2n) is 8.71. The number of hydrogen-bond donors (Lipinski definition) is 0. The quantitative estimate of drug-likeness (QED) is 0.641. The SMILES string of the molecule is CC(C)(C)c1ccc(CN2CCN(c3nccc4cc(F)ccc34)CC2)cc1. The third-order valence-corrected chi connectivity index (χ3v) is 5.60. The molecule has 0 unspecified atom stereocenters. The van der Waals surface area contributed by atoms with Crippen LogP contribution in [0.5, 0.6) is 0 Å². The van der Waals surface area contributed by atoms with Gasteiger partial charge < -0.3 is 4.90 Å². The monoisotopic (exact) mass is 377 g/mol. The second kappa shape index (κ2) is 7.51. The maximum absolute atomic E-state index is 13.5. The van der Waals surface area contributed by atoms with Crippen molar-refractivity contribution in [3.63, 3.8) is 0 Å². The van der Waals surface area contributed by atoms with E-state index in [4.69, 9.17) is 0 Å². The third-order valence-electron chi connectivity index (χ3n) is 5.60. The maximum atomic E-state index is 13.5. The summed E-state index contributed by atoms with van der Waals surface area (Å²) in [7, 11) is 0. The zero-order valence-corrected chi connectivity index (χ0v) is 17.0. The fourth-order valence-corrected chi connectivity index (χ4v) is 3.87. The highest BCUT2D eigenvalue weighted by Gasteiger charge is 2.20. The molecule has 28 heavy (non-hydrogen) atoms. The topological polar surface area (TPSA) is 19.4 Å². The normalized spacial score (nSPS) is 15.9. The highest BCUT2D eigenvalue weighted by molar-refractivity contribution is 5.92. The van der Waals surface area contributed by atoms with Gasteiger partial charge in [-0.1, -0.05) is 45.0 Å². The lowest BCUT2D eigenvalue weighted by atomic mass is 9.87. The highest BCUT2D eigenvalue weighted by atomic mass is 19.1. The predicted octanol–water partition coefficient (Wildman–Crippen LogP) is 4.99. The number of nitrogens with zero attached hydrogens (tertiary/aromatic N) is 3. The Labute approximate surface area is 166 Å². The highest BCUT2D eigenvalue weighted by Crippen LogP contribution is 2.26. The Hall–Kier alpha value is -2.46. The van der Waals surface area contributed by atoms with Crippen LogP contribution in [0.15, 0.2) is 54.7 Å². The predicted molar refractivity (Wildman–Crippen MR) is 114 cm³/mol. The van der Waals surface area contributed by atoms with Gasteiger partial charge in [0.05, 0.1) is 0 Å². The minimum atomic E-state index is -0.202. The summed E-state index contributed by atoms with van der Waals surface area (Å²) < 4.78 is 13.5. The summed E-state index contributed by atoms with van der Waals surface area (Å²) in [6, 6.07) is 15.8. The number of fused-ring (bicyclic) bond motifs is 1. The van der Waals surface area contributed by atoms with Gasteiger partial charge in [-0.05, 0) is 46.2 Å². The average molecular weight is 378 g/mol. The van der Waals surface area contributed by atoms with Gasteiger partial charge in [-0.15, -0.1) is 0 Å². The first-order valence-corrected chi connectivity index (χ1v) is 10.0. The van der Waals surface area contributed by atoms with Crippen LogP contribution in [-0.4, -0.2) is 36.1 Å². The first-order valence-electron chi connectivity index (χ1n) is 10.0. The molecule has 0 radical (unpaired) electrons. The molecule has 2 aromatic carbocycles. The summed E-state index contributed by atoms with van der Waals surface area (Å²) in [5, 5.41) is 1.93. The molecule has 3 aromatic rings. The molecule has 0 aliphatic carbocycles. The zero-order chi connectivity index (χ0) is 19.7. The number of halogens is 1. The van der Waals surface area contributed by atoms with E-state index in [9.17, 15) is 4.39 Å². The van der Waals surface area contributed by atoms with E-state index >= 15 is 0 Å². The van der Waals surface area contributed by atoms with Crippen LogP contribution < -0.4 is 4.90 Å². The fourth-order valence-electron chi connectivity index (χ4n) is 3.87. The number of hydrogen-bond acceptors (Lipinski definition) is 3. The molecule has 146 valence electrons. The molecule has 0 saturated carbocycles. The number of piperazine rings is 1. The molecule has 1 fully saturated rings. The first kappa shape index (κ1) is 18.9. The minimum absolute atomic E-state index is 0.193. The van der Waals surface area contributed by atoms with Crippen molar-refractivity contribution in [1.29, 1.82) is 0 Å².